The van der Waals surface area contributed by atoms with E-state index >= 15 is 0 Å². The van der Waals surface area contributed by atoms with E-state index in [0.717, 1.165) is 18.4 Å². The van der Waals surface area contributed by atoms with E-state index in [0.29, 0.717) is 13.1 Å². The number of carbonyl (C=O) groups is 2. The topological polar surface area (TPSA) is 57.6 Å². The Morgan fingerprint density at radius 1 is 0.857 bits per heavy atom. The highest BCUT2D eigenvalue weighted by Crippen LogP contribution is 2.48. The molecule has 0 unspecified atom stereocenters. The number of nitrogens with zero attached hydrogens (tertiary/aromatic N) is 1. The zero-order chi connectivity index (χ0) is 19.5. The number of aliphatic carboxylic acids is 1. The molecule has 0 saturated heterocycles. The normalized spacial score (nSPS) is 25.0. The molecule has 2 aliphatic rings. The van der Waals surface area contributed by atoms with Gasteiger partial charge in [-0.2, -0.15) is 0 Å². The second kappa shape index (κ2) is 8.01. The summed E-state index contributed by atoms with van der Waals surface area (Å²) in [5.74, 6) is -1.89. The molecular weight excluding hydrogens is 350 g/mol. The van der Waals surface area contributed by atoms with Gasteiger partial charge in [0.05, 0.1) is 11.8 Å². The first-order valence-corrected chi connectivity index (χ1v) is 9.91. The number of hydrogen-bond acceptors (Lipinski definition) is 2. The molecular formula is C24H25NO3. The van der Waals surface area contributed by atoms with Gasteiger partial charge in [-0.05, 0) is 35.8 Å². The van der Waals surface area contributed by atoms with Crippen molar-refractivity contribution in [2.45, 2.75) is 19.4 Å². The third kappa shape index (κ3) is 3.72. The minimum Gasteiger partial charge on any atom is -0.481 e. The molecule has 0 radical (unpaired) electrons. The number of hydrogen-bond donors (Lipinski definition) is 1. The van der Waals surface area contributed by atoms with Gasteiger partial charge in [-0.1, -0.05) is 72.8 Å². The van der Waals surface area contributed by atoms with Gasteiger partial charge < -0.3 is 10.0 Å². The SMILES string of the molecule is O=C(O)[C@H]1[C@@H](C(=O)N(CCc2ccccc2)Cc2ccccc2)[C@@H]2C=C[C@H]1C2. The van der Waals surface area contributed by atoms with E-state index in [2.05, 4.69) is 12.1 Å². The van der Waals surface area contributed by atoms with E-state index in [-0.39, 0.29) is 17.7 Å². The summed E-state index contributed by atoms with van der Waals surface area (Å²) in [7, 11) is 0. The van der Waals surface area contributed by atoms with Crippen molar-refractivity contribution in [2.75, 3.05) is 6.54 Å². The summed E-state index contributed by atoms with van der Waals surface area (Å²) >= 11 is 0. The summed E-state index contributed by atoms with van der Waals surface area (Å²) in [6.07, 6.45) is 5.57. The van der Waals surface area contributed by atoms with Gasteiger partial charge >= 0.3 is 5.97 Å². The van der Waals surface area contributed by atoms with Gasteiger partial charge in [-0.3, -0.25) is 9.59 Å². The first-order valence-electron chi connectivity index (χ1n) is 9.91. The highest BCUT2D eigenvalue weighted by atomic mass is 16.4. The molecule has 4 atom stereocenters. The van der Waals surface area contributed by atoms with Crippen LogP contribution in [-0.2, 0) is 22.6 Å². The lowest BCUT2D eigenvalue weighted by molar-refractivity contribution is -0.151. The summed E-state index contributed by atoms with van der Waals surface area (Å²) in [5, 5.41) is 9.73. The van der Waals surface area contributed by atoms with Crippen molar-refractivity contribution in [3.05, 3.63) is 83.9 Å². The van der Waals surface area contributed by atoms with Gasteiger partial charge in [0.1, 0.15) is 0 Å². The monoisotopic (exact) mass is 375 g/mol. The fourth-order valence-electron chi connectivity index (χ4n) is 4.69. The summed E-state index contributed by atoms with van der Waals surface area (Å²) in [4.78, 5) is 27.2. The minimum absolute atomic E-state index is 0.0100. The molecule has 0 spiro atoms. The maximum atomic E-state index is 13.5. The van der Waals surface area contributed by atoms with Crippen LogP contribution in [0.4, 0.5) is 0 Å². The highest BCUT2D eigenvalue weighted by Gasteiger charge is 2.52. The molecule has 2 bridgehead atoms. The van der Waals surface area contributed by atoms with E-state index in [1.165, 1.54) is 5.56 Å². The van der Waals surface area contributed by atoms with Crippen LogP contribution in [0.25, 0.3) is 0 Å². The van der Waals surface area contributed by atoms with Gasteiger partial charge in [0, 0.05) is 13.1 Å². The smallest absolute Gasteiger partial charge is 0.307 e. The van der Waals surface area contributed by atoms with Crippen molar-refractivity contribution in [1.29, 1.82) is 0 Å². The fraction of sp³-hybridized carbons (Fsp3) is 0.333. The van der Waals surface area contributed by atoms with Crippen molar-refractivity contribution in [3.8, 4) is 0 Å². The van der Waals surface area contributed by atoms with Crippen molar-refractivity contribution in [3.63, 3.8) is 0 Å². The molecule has 2 aromatic carbocycles. The van der Waals surface area contributed by atoms with Crippen LogP contribution in [0.5, 0.6) is 0 Å². The average Bonchev–Trinajstić information content (AvgIpc) is 3.34. The number of allylic oxidation sites excluding steroid dienone is 2. The number of fused-ring (bicyclic) bond motifs is 2. The van der Waals surface area contributed by atoms with Crippen molar-refractivity contribution < 1.29 is 14.7 Å². The average molecular weight is 375 g/mol. The number of carboxylic acids is 1. The van der Waals surface area contributed by atoms with Gasteiger partial charge in [0.25, 0.3) is 0 Å². The fourth-order valence-corrected chi connectivity index (χ4v) is 4.69. The number of rotatable bonds is 7. The molecule has 1 N–H and O–H groups in total. The molecule has 4 nitrogen and oxygen atoms in total. The van der Waals surface area contributed by atoms with Crippen LogP contribution in [-0.4, -0.2) is 28.4 Å². The second-order valence-electron chi connectivity index (χ2n) is 7.82. The van der Waals surface area contributed by atoms with Gasteiger partial charge in [0.15, 0.2) is 0 Å². The van der Waals surface area contributed by atoms with Crippen molar-refractivity contribution >= 4 is 11.9 Å². The highest BCUT2D eigenvalue weighted by molar-refractivity contribution is 5.87. The predicted octanol–water partition coefficient (Wildman–Crippen LogP) is 3.78. The zero-order valence-electron chi connectivity index (χ0n) is 15.8. The predicted molar refractivity (Wildman–Crippen MR) is 107 cm³/mol. The van der Waals surface area contributed by atoms with Crippen LogP contribution >= 0.6 is 0 Å². The number of amides is 1. The maximum absolute atomic E-state index is 13.5. The second-order valence-corrected chi connectivity index (χ2v) is 7.82. The lowest BCUT2D eigenvalue weighted by atomic mass is 9.82. The van der Waals surface area contributed by atoms with Crippen molar-refractivity contribution in [2.24, 2.45) is 23.7 Å². The molecule has 1 fully saturated rings. The first kappa shape index (κ1) is 18.5. The quantitative estimate of drug-likeness (QED) is 0.749. The van der Waals surface area contributed by atoms with E-state index < -0.39 is 17.8 Å². The number of carbonyl (C=O) groups excluding carboxylic acids is 1. The summed E-state index contributed by atoms with van der Waals surface area (Å²) in [6, 6.07) is 20.0. The Morgan fingerprint density at radius 2 is 1.43 bits per heavy atom. The Morgan fingerprint density at radius 3 is 2.04 bits per heavy atom. The molecule has 1 saturated carbocycles. The maximum Gasteiger partial charge on any atom is 0.307 e. The Labute approximate surface area is 165 Å². The number of benzene rings is 2. The van der Waals surface area contributed by atoms with Crippen molar-refractivity contribution in [1.82, 2.24) is 4.90 Å². The zero-order valence-corrected chi connectivity index (χ0v) is 15.8. The Kier molecular flexibility index (Phi) is 5.29. The third-order valence-electron chi connectivity index (χ3n) is 6.07. The molecule has 1 amide bonds. The summed E-state index contributed by atoms with van der Waals surface area (Å²) in [5.41, 5.74) is 2.24. The molecule has 2 aliphatic carbocycles. The third-order valence-corrected chi connectivity index (χ3v) is 6.07. The van der Waals surface area contributed by atoms with Crippen LogP contribution in [0.3, 0.4) is 0 Å². The van der Waals surface area contributed by atoms with E-state index in [1.807, 2.05) is 65.6 Å². The Bertz CT molecular complexity index is 862. The molecule has 0 aromatic heterocycles. The van der Waals surface area contributed by atoms with E-state index in [4.69, 9.17) is 0 Å². The van der Waals surface area contributed by atoms with Gasteiger partial charge in [-0.25, -0.2) is 0 Å². The van der Waals surface area contributed by atoms with Crippen LogP contribution in [0.2, 0.25) is 0 Å². The largest absolute Gasteiger partial charge is 0.481 e. The van der Waals surface area contributed by atoms with E-state index in [1.54, 1.807) is 0 Å². The molecule has 2 aromatic rings. The Balaban J connectivity index is 1.56. The van der Waals surface area contributed by atoms with Gasteiger partial charge in [0.2, 0.25) is 5.91 Å². The lowest BCUT2D eigenvalue weighted by Gasteiger charge is -2.31. The molecule has 4 rings (SSSR count). The molecule has 144 valence electrons. The summed E-state index contributed by atoms with van der Waals surface area (Å²) < 4.78 is 0. The summed E-state index contributed by atoms with van der Waals surface area (Å²) in [6.45, 7) is 1.10. The van der Waals surface area contributed by atoms with Crippen LogP contribution in [0.15, 0.2) is 72.8 Å². The molecule has 0 aliphatic heterocycles. The first-order chi connectivity index (χ1) is 13.6. The number of carboxylic acid groups (broad SMARTS) is 1. The van der Waals surface area contributed by atoms with Crippen LogP contribution in [0, 0.1) is 23.7 Å². The minimum atomic E-state index is -0.849. The Hall–Kier alpha value is -2.88. The standard InChI is InChI=1S/C24H25NO3/c26-23(21-19-11-12-20(15-19)22(21)24(27)28)25(16-18-9-5-2-6-10-18)14-13-17-7-3-1-4-8-17/h1-12,19-22H,13-16H2,(H,27,28)/t19-,20+,21+,22-/m1/s1. The van der Waals surface area contributed by atoms with Gasteiger partial charge in [-0.15, -0.1) is 0 Å². The molecule has 4 heteroatoms. The molecule has 0 heterocycles. The van der Waals surface area contributed by atoms with E-state index in [9.17, 15) is 14.7 Å². The molecule has 28 heavy (non-hydrogen) atoms. The van der Waals surface area contributed by atoms with Crippen LogP contribution < -0.4 is 0 Å². The lowest BCUT2D eigenvalue weighted by Crippen LogP contribution is -2.43. The van der Waals surface area contributed by atoms with Crippen LogP contribution in [0.1, 0.15) is 17.5 Å².